The number of nitrogens with one attached hydrogen (secondary N) is 1. The zero-order chi connectivity index (χ0) is 12.1. The van der Waals surface area contributed by atoms with Crippen molar-refractivity contribution in [3.8, 4) is 0 Å². The molecule has 6 heteroatoms. The van der Waals surface area contributed by atoms with Gasteiger partial charge in [-0.25, -0.2) is 0 Å². The molecule has 2 atom stereocenters. The summed E-state index contributed by atoms with van der Waals surface area (Å²) in [5.74, 6) is 0. The van der Waals surface area contributed by atoms with Crippen LogP contribution < -0.4 is 5.32 Å². The normalized spacial score (nSPS) is 30.1. The SMILES string of the molecule is CC1CN(C(=S)OCC2CNCCO2)CCO1. The van der Waals surface area contributed by atoms with E-state index in [0.29, 0.717) is 18.4 Å². The second-order valence-corrected chi connectivity index (χ2v) is 4.75. The molecule has 2 heterocycles. The summed E-state index contributed by atoms with van der Waals surface area (Å²) < 4.78 is 16.6. The molecule has 98 valence electrons. The highest BCUT2D eigenvalue weighted by Crippen LogP contribution is 2.07. The Kier molecular flexibility index (Phi) is 4.97. The number of ether oxygens (including phenoxy) is 3. The quantitative estimate of drug-likeness (QED) is 0.705. The average Bonchev–Trinajstić information content (AvgIpc) is 2.37. The third-order valence-corrected chi connectivity index (χ3v) is 3.27. The molecule has 0 saturated carbocycles. The first-order valence-corrected chi connectivity index (χ1v) is 6.52. The lowest BCUT2D eigenvalue weighted by atomic mass is 10.3. The van der Waals surface area contributed by atoms with Crippen LogP contribution in [-0.2, 0) is 14.2 Å². The molecule has 0 aromatic rings. The van der Waals surface area contributed by atoms with Gasteiger partial charge in [0.25, 0.3) is 5.17 Å². The minimum atomic E-state index is 0.111. The lowest BCUT2D eigenvalue weighted by Crippen LogP contribution is -2.46. The summed E-state index contributed by atoms with van der Waals surface area (Å²) in [5, 5.41) is 3.83. The van der Waals surface area contributed by atoms with E-state index in [4.69, 9.17) is 26.4 Å². The number of hydrogen-bond acceptors (Lipinski definition) is 5. The van der Waals surface area contributed by atoms with E-state index >= 15 is 0 Å². The van der Waals surface area contributed by atoms with Crippen molar-refractivity contribution >= 4 is 17.4 Å². The molecule has 0 amide bonds. The Bertz CT molecular complexity index is 259. The Morgan fingerprint density at radius 2 is 2.35 bits per heavy atom. The Morgan fingerprint density at radius 1 is 1.47 bits per heavy atom. The third kappa shape index (κ3) is 4.06. The molecule has 0 bridgehead atoms. The molecule has 0 aliphatic carbocycles. The first kappa shape index (κ1) is 13.0. The highest BCUT2D eigenvalue weighted by Gasteiger charge is 2.21. The predicted molar refractivity (Wildman–Crippen MR) is 68.1 cm³/mol. The van der Waals surface area contributed by atoms with Gasteiger partial charge in [0.2, 0.25) is 0 Å². The molecule has 5 nitrogen and oxygen atoms in total. The molecule has 2 aliphatic rings. The molecule has 17 heavy (non-hydrogen) atoms. The Labute approximate surface area is 107 Å². The van der Waals surface area contributed by atoms with Gasteiger partial charge in [-0.2, -0.15) is 0 Å². The molecule has 2 fully saturated rings. The fourth-order valence-corrected chi connectivity index (χ4v) is 2.20. The number of thiocarbonyl (C=S) groups is 1. The maximum absolute atomic E-state index is 5.61. The van der Waals surface area contributed by atoms with Gasteiger partial charge in [0.15, 0.2) is 0 Å². The largest absolute Gasteiger partial charge is 0.468 e. The van der Waals surface area contributed by atoms with Crippen LogP contribution in [0.5, 0.6) is 0 Å². The molecule has 0 spiro atoms. The van der Waals surface area contributed by atoms with E-state index in [-0.39, 0.29) is 12.2 Å². The van der Waals surface area contributed by atoms with E-state index in [1.54, 1.807) is 0 Å². The van der Waals surface area contributed by atoms with Crippen LogP contribution >= 0.6 is 12.2 Å². The summed E-state index contributed by atoms with van der Waals surface area (Å²) >= 11 is 5.27. The van der Waals surface area contributed by atoms with Gasteiger partial charge in [-0.1, -0.05) is 0 Å². The van der Waals surface area contributed by atoms with Gasteiger partial charge in [0.1, 0.15) is 12.7 Å². The fraction of sp³-hybridized carbons (Fsp3) is 0.909. The van der Waals surface area contributed by atoms with E-state index in [1.165, 1.54) is 0 Å². The van der Waals surface area contributed by atoms with Crippen molar-refractivity contribution in [2.45, 2.75) is 19.1 Å². The molecule has 2 rings (SSSR count). The van der Waals surface area contributed by atoms with Gasteiger partial charge >= 0.3 is 0 Å². The van der Waals surface area contributed by atoms with E-state index in [2.05, 4.69) is 10.2 Å². The highest BCUT2D eigenvalue weighted by molar-refractivity contribution is 7.80. The minimum Gasteiger partial charge on any atom is -0.468 e. The predicted octanol–water partition coefficient (Wildman–Crippen LogP) is -0.00300. The molecular weight excluding hydrogens is 240 g/mol. The standard InChI is InChI=1S/C11H20N2O3S/c1-9-7-13(3-5-14-9)11(17)16-8-10-6-12-2-4-15-10/h9-10,12H,2-8H2,1H3. The van der Waals surface area contributed by atoms with Crippen molar-refractivity contribution in [1.82, 2.24) is 10.2 Å². The fourth-order valence-electron chi connectivity index (χ4n) is 1.97. The molecule has 1 N–H and O–H groups in total. The Hall–Kier alpha value is -0.430. The number of nitrogens with zero attached hydrogens (tertiary/aromatic N) is 1. The number of rotatable bonds is 2. The van der Waals surface area contributed by atoms with Crippen LogP contribution in [0.15, 0.2) is 0 Å². The van der Waals surface area contributed by atoms with Crippen LogP contribution in [0.4, 0.5) is 0 Å². The van der Waals surface area contributed by atoms with E-state index in [1.807, 2.05) is 6.92 Å². The van der Waals surface area contributed by atoms with Gasteiger partial charge in [-0.3, -0.25) is 0 Å². The smallest absolute Gasteiger partial charge is 0.259 e. The lowest BCUT2D eigenvalue weighted by Gasteiger charge is -2.33. The van der Waals surface area contributed by atoms with Crippen LogP contribution in [0.2, 0.25) is 0 Å². The summed E-state index contributed by atoms with van der Waals surface area (Å²) in [7, 11) is 0. The van der Waals surface area contributed by atoms with Crippen LogP contribution in [0, 0.1) is 0 Å². The van der Waals surface area contributed by atoms with Crippen LogP contribution in [0.3, 0.4) is 0 Å². The van der Waals surface area contributed by atoms with Gasteiger partial charge in [0.05, 0.1) is 19.3 Å². The van der Waals surface area contributed by atoms with Crippen molar-refractivity contribution in [2.24, 2.45) is 0 Å². The molecule has 0 aromatic carbocycles. The number of hydrogen-bond donors (Lipinski definition) is 1. The summed E-state index contributed by atoms with van der Waals surface area (Å²) in [6.45, 7) is 7.40. The van der Waals surface area contributed by atoms with Crippen LogP contribution in [-0.4, -0.2) is 68.3 Å². The van der Waals surface area contributed by atoms with Crippen LogP contribution in [0.25, 0.3) is 0 Å². The molecule has 0 aromatic heterocycles. The maximum Gasteiger partial charge on any atom is 0.259 e. The van der Waals surface area contributed by atoms with Gasteiger partial charge in [0, 0.05) is 26.2 Å². The molecule has 2 aliphatic heterocycles. The summed E-state index contributed by atoms with van der Waals surface area (Å²) in [5.41, 5.74) is 0. The summed E-state index contributed by atoms with van der Waals surface area (Å²) in [6, 6.07) is 0. The first-order chi connectivity index (χ1) is 8.25. The second kappa shape index (κ2) is 6.49. The van der Waals surface area contributed by atoms with Crippen molar-refractivity contribution in [2.75, 3.05) is 46.0 Å². The Morgan fingerprint density at radius 3 is 3.06 bits per heavy atom. The second-order valence-electron chi connectivity index (χ2n) is 4.40. The summed E-state index contributed by atoms with van der Waals surface area (Å²) in [6.07, 6.45) is 0.332. The van der Waals surface area contributed by atoms with Crippen LogP contribution in [0.1, 0.15) is 6.92 Å². The molecule has 2 saturated heterocycles. The summed E-state index contributed by atoms with van der Waals surface area (Å²) in [4.78, 5) is 2.06. The van der Waals surface area contributed by atoms with Gasteiger partial charge in [-0.15, -0.1) is 0 Å². The van der Waals surface area contributed by atoms with Crippen molar-refractivity contribution < 1.29 is 14.2 Å². The molecule has 2 unspecified atom stereocenters. The topological polar surface area (TPSA) is 43.0 Å². The maximum atomic E-state index is 5.61. The first-order valence-electron chi connectivity index (χ1n) is 6.11. The highest BCUT2D eigenvalue weighted by atomic mass is 32.1. The van der Waals surface area contributed by atoms with Crippen molar-refractivity contribution in [3.63, 3.8) is 0 Å². The third-order valence-electron chi connectivity index (χ3n) is 2.90. The number of morpholine rings is 2. The van der Waals surface area contributed by atoms with Gasteiger partial charge < -0.3 is 24.4 Å². The lowest BCUT2D eigenvalue weighted by molar-refractivity contribution is -0.0197. The zero-order valence-electron chi connectivity index (χ0n) is 10.2. The molecular formula is C11H20N2O3S. The van der Waals surface area contributed by atoms with Crippen molar-refractivity contribution in [1.29, 1.82) is 0 Å². The van der Waals surface area contributed by atoms with Crippen molar-refractivity contribution in [3.05, 3.63) is 0 Å². The van der Waals surface area contributed by atoms with E-state index in [0.717, 1.165) is 32.8 Å². The monoisotopic (exact) mass is 260 g/mol. The minimum absolute atomic E-state index is 0.111. The zero-order valence-corrected chi connectivity index (χ0v) is 11.0. The average molecular weight is 260 g/mol. The van der Waals surface area contributed by atoms with Gasteiger partial charge in [-0.05, 0) is 19.1 Å². The Balaban J connectivity index is 1.69. The molecule has 0 radical (unpaired) electrons. The van der Waals surface area contributed by atoms with E-state index in [9.17, 15) is 0 Å². The van der Waals surface area contributed by atoms with E-state index < -0.39 is 0 Å².